The van der Waals surface area contributed by atoms with Gasteiger partial charge in [0.2, 0.25) is 5.12 Å². The van der Waals surface area contributed by atoms with E-state index in [1.54, 1.807) is 0 Å². The zero-order valence-corrected chi connectivity index (χ0v) is 13.2. The molecule has 21 heavy (non-hydrogen) atoms. The fourth-order valence-corrected chi connectivity index (χ4v) is 6.19. The highest BCUT2D eigenvalue weighted by Gasteiger charge is 2.56. The summed E-state index contributed by atoms with van der Waals surface area (Å²) in [6.45, 7) is 0. The maximum atomic E-state index is 11.3. The molecule has 4 bridgehead atoms. The molecule has 6 heteroatoms. The number of rotatable bonds is 2. The lowest BCUT2D eigenvalue weighted by molar-refractivity contribution is -0.114. The van der Waals surface area contributed by atoms with E-state index in [-0.39, 0.29) is 16.6 Å². The Kier molecular flexibility index (Phi) is 3.06. The van der Waals surface area contributed by atoms with Gasteiger partial charge >= 0.3 is 0 Å². The Hall–Kier alpha value is -0.740. The number of nitrogens with zero attached hydrogens (tertiary/aromatic N) is 1. The molecule has 4 saturated carbocycles. The van der Waals surface area contributed by atoms with Gasteiger partial charge < -0.3 is 11.1 Å². The van der Waals surface area contributed by atoms with Gasteiger partial charge in [-0.2, -0.15) is 0 Å². The molecule has 5 aliphatic rings. The van der Waals surface area contributed by atoms with Crippen molar-refractivity contribution in [1.29, 1.82) is 0 Å². The van der Waals surface area contributed by atoms with E-state index in [2.05, 4.69) is 10.3 Å². The van der Waals surface area contributed by atoms with Gasteiger partial charge in [0.15, 0.2) is 0 Å². The summed E-state index contributed by atoms with van der Waals surface area (Å²) >= 11 is 13.0. The van der Waals surface area contributed by atoms with Crippen LogP contribution in [0.3, 0.4) is 0 Å². The Morgan fingerprint density at radius 3 is 2.29 bits per heavy atom. The van der Waals surface area contributed by atoms with Crippen LogP contribution in [0.2, 0.25) is 0 Å². The number of halogens is 2. The van der Waals surface area contributed by atoms with Crippen molar-refractivity contribution >= 4 is 35.3 Å². The first-order valence-electron chi connectivity index (χ1n) is 7.68. The molecule has 1 aliphatic heterocycles. The van der Waals surface area contributed by atoms with Crippen molar-refractivity contribution in [3.8, 4) is 0 Å². The summed E-state index contributed by atoms with van der Waals surface area (Å²) in [5.74, 6) is 2.69. The molecule has 4 nitrogen and oxygen atoms in total. The van der Waals surface area contributed by atoms with Gasteiger partial charge in [0.05, 0.1) is 5.57 Å². The van der Waals surface area contributed by atoms with Crippen LogP contribution >= 0.6 is 23.2 Å². The van der Waals surface area contributed by atoms with Crippen molar-refractivity contribution in [3.05, 3.63) is 10.7 Å². The first-order valence-corrected chi connectivity index (χ1v) is 8.43. The van der Waals surface area contributed by atoms with E-state index >= 15 is 0 Å². The van der Waals surface area contributed by atoms with E-state index in [0.29, 0.717) is 11.8 Å². The Bertz CT molecular complexity index is 531. The number of hydrogen-bond acceptors (Lipinski definition) is 3. The maximum Gasteiger partial charge on any atom is 0.253 e. The van der Waals surface area contributed by atoms with E-state index in [4.69, 9.17) is 28.9 Å². The Balaban J connectivity index is 1.63. The minimum Gasteiger partial charge on any atom is -0.365 e. The topological polar surface area (TPSA) is 67.5 Å². The number of hydrogen-bond donors (Lipinski definition) is 2. The lowest BCUT2D eigenvalue weighted by Crippen LogP contribution is -2.58. The third-order valence-corrected chi connectivity index (χ3v) is 6.58. The molecule has 4 aliphatic carbocycles. The molecule has 1 heterocycles. The largest absolute Gasteiger partial charge is 0.365 e. The van der Waals surface area contributed by atoms with Crippen LogP contribution in [0.15, 0.2) is 15.7 Å². The summed E-state index contributed by atoms with van der Waals surface area (Å²) in [6.07, 6.45) is 7.87. The third-order valence-electron chi connectivity index (χ3n) is 5.84. The number of nitrogens with two attached hydrogens (primary N) is 1. The zero-order chi connectivity index (χ0) is 14.8. The van der Waals surface area contributed by atoms with Crippen LogP contribution < -0.4 is 11.1 Å². The first-order chi connectivity index (χ1) is 9.96. The second-order valence-corrected chi connectivity index (χ2v) is 8.06. The summed E-state index contributed by atoms with van der Waals surface area (Å²) in [4.78, 5) is 15.7. The van der Waals surface area contributed by atoms with Gasteiger partial charge in [-0.3, -0.25) is 4.79 Å². The summed E-state index contributed by atoms with van der Waals surface area (Å²) in [7, 11) is 0. The summed E-state index contributed by atoms with van der Waals surface area (Å²) < 4.78 is 0. The highest BCUT2D eigenvalue weighted by Crippen LogP contribution is 2.60. The number of alkyl halides is 1. The first kappa shape index (κ1) is 13.9. The number of amides is 1. The maximum absolute atomic E-state index is 11.3. The fourth-order valence-electron chi connectivity index (χ4n) is 5.36. The fraction of sp³-hybridized carbons (Fsp3) is 0.733. The van der Waals surface area contributed by atoms with Gasteiger partial charge in [-0.15, -0.1) is 0 Å². The molecule has 3 N–H and O–H groups in total. The molecule has 0 radical (unpaired) electrons. The second kappa shape index (κ2) is 4.63. The molecule has 1 amide bonds. The molecule has 1 unspecified atom stereocenters. The van der Waals surface area contributed by atoms with E-state index in [1.807, 2.05) is 0 Å². The summed E-state index contributed by atoms with van der Waals surface area (Å²) in [5.41, 5.74) is 5.49. The van der Waals surface area contributed by atoms with Crippen molar-refractivity contribution in [3.63, 3.8) is 0 Å². The molecule has 0 spiro atoms. The van der Waals surface area contributed by atoms with Crippen molar-refractivity contribution in [1.82, 2.24) is 5.32 Å². The smallest absolute Gasteiger partial charge is 0.253 e. The van der Waals surface area contributed by atoms with Crippen molar-refractivity contribution in [2.45, 2.75) is 37.2 Å². The van der Waals surface area contributed by atoms with E-state index in [0.717, 1.165) is 11.8 Å². The molecule has 0 saturated heterocycles. The molecular formula is C15H19Cl2N3O. The molecular weight excluding hydrogens is 309 g/mol. The van der Waals surface area contributed by atoms with Gasteiger partial charge in [0.1, 0.15) is 5.16 Å². The Morgan fingerprint density at radius 1 is 1.24 bits per heavy atom. The van der Waals surface area contributed by atoms with Crippen molar-refractivity contribution < 1.29 is 4.79 Å². The summed E-state index contributed by atoms with van der Waals surface area (Å²) in [6, 6.07) is 0. The predicted octanol–water partition coefficient (Wildman–Crippen LogP) is 2.56. The van der Waals surface area contributed by atoms with Crippen molar-refractivity contribution in [2.75, 3.05) is 0 Å². The van der Waals surface area contributed by atoms with Crippen LogP contribution in [0.25, 0.3) is 0 Å². The lowest BCUT2D eigenvalue weighted by atomic mass is 9.51. The predicted molar refractivity (Wildman–Crippen MR) is 82.8 cm³/mol. The molecule has 0 aromatic rings. The van der Waals surface area contributed by atoms with Crippen LogP contribution in [-0.4, -0.2) is 17.2 Å². The number of carbonyl (C=O) groups is 1. The molecule has 0 aromatic carbocycles. The second-order valence-electron chi connectivity index (χ2n) is 7.10. The molecule has 1 atom stereocenters. The Morgan fingerprint density at radius 2 is 1.81 bits per heavy atom. The van der Waals surface area contributed by atoms with Gasteiger partial charge in [0.25, 0.3) is 5.91 Å². The van der Waals surface area contributed by atoms with Crippen LogP contribution in [0.5, 0.6) is 0 Å². The van der Waals surface area contributed by atoms with Crippen LogP contribution in [0, 0.1) is 29.6 Å². The quantitative estimate of drug-likeness (QED) is 0.604. The van der Waals surface area contributed by atoms with E-state index < -0.39 is 11.0 Å². The normalized spacial score (nSPS) is 47.6. The minimum atomic E-state index is -0.918. The van der Waals surface area contributed by atoms with Crippen LogP contribution in [0.4, 0.5) is 0 Å². The lowest BCUT2D eigenvalue weighted by Gasteiger charge is -2.57. The van der Waals surface area contributed by atoms with Crippen LogP contribution in [-0.2, 0) is 4.79 Å². The number of primary amides is 1. The molecule has 0 aromatic heterocycles. The minimum absolute atomic E-state index is 0.205. The van der Waals surface area contributed by atoms with Gasteiger partial charge in [0, 0.05) is 12.1 Å². The molecule has 4 fully saturated rings. The standard InChI is InChI=1S/C15H19Cl2N3O/c16-13-11(14(18)21)6-19-15(17,20-13)12-9-2-7-1-8(4-9)5-10(12)3-7/h6-10,12,20H,1-5H2,(H2,18,21). The van der Waals surface area contributed by atoms with Crippen LogP contribution in [0.1, 0.15) is 32.1 Å². The highest BCUT2D eigenvalue weighted by molar-refractivity contribution is 6.36. The average Bonchev–Trinajstić information content (AvgIpc) is 2.36. The van der Waals surface area contributed by atoms with Gasteiger partial charge in [-0.25, -0.2) is 4.99 Å². The number of nitrogens with one attached hydrogen (secondary N) is 1. The van der Waals surface area contributed by atoms with E-state index in [9.17, 15) is 4.79 Å². The Labute approximate surface area is 134 Å². The third kappa shape index (κ3) is 2.10. The van der Waals surface area contributed by atoms with E-state index in [1.165, 1.54) is 38.3 Å². The zero-order valence-electron chi connectivity index (χ0n) is 11.7. The van der Waals surface area contributed by atoms with Gasteiger partial charge in [-0.05, 0) is 55.8 Å². The van der Waals surface area contributed by atoms with Gasteiger partial charge in [-0.1, -0.05) is 23.2 Å². The average molecular weight is 328 g/mol. The molecule has 114 valence electrons. The number of carbonyl (C=O) groups excluding carboxylic acids is 1. The van der Waals surface area contributed by atoms with Crippen molar-refractivity contribution in [2.24, 2.45) is 40.3 Å². The molecule has 5 rings (SSSR count). The summed E-state index contributed by atoms with van der Waals surface area (Å²) in [5, 5.41) is 2.37. The highest BCUT2D eigenvalue weighted by atomic mass is 35.5. The number of aliphatic imine (C=N–C) groups is 1. The monoisotopic (exact) mass is 327 g/mol. The SMILES string of the molecule is NC(=O)C1=C(Cl)NC(Cl)(C2C3CC4CC(C3)CC2C4)N=C1.